The van der Waals surface area contributed by atoms with Gasteiger partial charge in [0.05, 0.1) is 35.0 Å². The van der Waals surface area contributed by atoms with E-state index in [9.17, 15) is 9.59 Å². The monoisotopic (exact) mass is 394 g/mol. The topological polar surface area (TPSA) is 116 Å². The molecule has 2 aromatic heterocycles. The SMILES string of the molecule is COC(=O)c1ccc2c(=O)[nH]c(CSc3nnnn3-c3ccccc3)nc2c1. The number of rotatable bonds is 5. The molecule has 0 bridgehead atoms. The highest BCUT2D eigenvalue weighted by Crippen LogP contribution is 2.21. The van der Waals surface area contributed by atoms with Crippen LogP contribution < -0.4 is 5.56 Å². The molecule has 9 nitrogen and oxygen atoms in total. The molecule has 0 fully saturated rings. The van der Waals surface area contributed by atoms with Crippen LogP contribution in [0.25, 0.3) is 16.6 Å². The fraction of sp³-hybridized carbons (Fsp3) is 0.111. The standard InChI is InChI=1S/C18H14N6O3S/c1-27-17(26)11-7-8-13-14(9-11)19-15(20-16(13)25)10-28-18-21-22-23-24(18)12-5-3-2-4-6-12/h2-9H,10H2,1H3,(H,19,20,25). The van der Waals surface area contributed by atoms with Crippen LogP contribution in [0.3, 0.4) is 0 Å². The molecule has 0 saturated carbocycles. The summed E-state index contributed by atoms with van der Waals surface area (Å²) < 4.78 is 6.33. The van der Waals surface area contributed by atoms with Crippen molar-refractivity contribution in [1.29, 1.82) is 0 Å². The van der Waals surface area contributed by atoms with Gasteiger partial charge in [0.2, 0.25) is 5.16 Å². The first-order valence-corrected chi connectivity index (χ1v) is 9.22. The number of thioether (sulfide) groups is 1. The third kappa shape index (κ3) is 3.49. The molecular formula is C18H14N6O3S. The largest absolute Gasteiger partial charge is 0.465 e. The number of aromatic nitrogens is 6. The second-order valence-electron chi connectivity index (χ2n) is 5.73. The van der Waals surface area contributed by atoms with Gasteiger partial charge in [-0.3, -0.25) is 4.79 Å². The van der Waals surface area contributed by atoms with Crippen LogP contribution in [0.2, 0.25) is 0 Å². The van der Waals surface area contributed by atoms with Crippen molar-refractivity contribution >= 4 is 28.6 Å². The van der Waals surface area contributed by atoms with Gasteiger partial charge in [-0.25, -0.2) is 9.78 Å². The molecule has 0 saturated heterocycles. The van der Waals surface area contributed by atoms with E-state index in [4.69, 9.17) is 4.74 Å². The van der Waals surface area contributed by atoms with E-state index in [1.165, 1.54) is 24.9 Å². The number of para-hydroxylation sites is 1. The van der Waals surface area contributed by atoms with Gasteiger partial charge in [-0.2, -0.15) is 4.68 Å². The number of carbonyl (C=O) groups is 1. The number of aromatic amines is 1. The Morgan fingerprint density at radius 3 is 2.82 bits per heavy atom. The van der Waals surface area contributed by atoms with E-state index in [2.05, 4.69) is 25.5 Å². The lowest BCUT2D eigenvalue weighted by atomic mass is 10.1. The Hall–Kier alpha value is -3.53. The molecule has 0 amide bonds. The molecule has 0 radical (unpaired) electrons. The van der Waals surface area contributed by atoms with E-state index in [0.717, 1.165) is 5.69 Å². The Morgan fingerprint density at radius 2 is 2.04 bits per heavy atom. The minimum atomic E-state index is -0.484. The molecule has 0 aliphatic rings. The lowest BCUT2D eigenvalue weighted by Crippen LogP contribution is -2.12. The van der Waals surface area contributed by atoms with Gasteiger partial charge in [-0.05, 0) is 40.8 Å². The van der Waals surface area contributed by atoms with Gasteiger partial charge in [0.15, 0.2) is 0 Å². The molecule has 2 aromatic carbocycles. The predicted molar refractivity (Wildman–Crippen MR) is 102 cm³/mol. The normalized spacial score (nSPS) is 10.9. The summed E-state index contributed by atoms with van der Waals surface area (Å²) in [6.45, 7) is 0. The summed E-state index contributed by atoms with van der Waals surface area (Å²) >= 11 is 1.34. The zero-order valence-corrected chi connectivity index (χ0v) is 15.5. The summed E-state index contributed by atoms with van der Waals surface area (Å²) in [5.41, 5.74) is 1.31. The van der Waals surface area contributed by atoms with Crippen LogP contribution in [0.4, 0.5) is 0 Å². The molecule has 28 heavy (non-hydrogen) atoms. The molecule has 4 rings (SSSR count). The van der Waals surface area contributed by atoms with E-state index in [-0.39, 0.29) is 5.56 Å². The molecule has 0 atom stereocenters. The zero-order valence-electron chi connectivity index (χ0n) is 14.7. The number of hydrogen-bond acceptors (Lipinski definition) is 8. The number of tetrazole rings is 1. The maximum absolute atomic E-state index is 12.3. The van der Waals surface area contributed by atoms with Crippen LogP contribution in [0.5, 0.6) is 0 Å². The first-order valence-electron chi connectivity index (χ1n) is 8.23. The van der Waals surface area contributed by atoms with Crippen molar-refractivity contribution in [3.05, 3.63) is 70.3 Å². The molecular weight excluding hydrogens is 380 g/mol. The highest BCUT2D eigenvalue weighted by atomic mass is 32.2. The summed E-state index contributed by atoms with van der Waals surface area (Å²) in [4.78, 5) is 31.3. The fourth-order valence-corrected chi connectivity index (χ4v) is 3.40. The van der Waals surface area contributed by atoms with Crippen molar-refractivity contribution in [2.75, 3.05) is 7.11 Å². The number of hydrogen-bond donors (Lipinski definition) is 1. The van der Waals surface area contributed by atoms with E-state index in [1.54, 1.807) is 16.8 Å². The third-order valence-corrected chi connectivity index (χ3v) is 4.89. The average molecular weight is 394 g/mol. The van der Waals surface area contributed by atoms with Gasteiger partial charge >= 0.3 is 5.97 Å². The number of ether oxygens (including phenoxy) is 1. The van der Waals surface area contributed by atoms with E-state index in [0.29, 0.717) is 33.2 Å². The summed E-state index contributed by atoms with van der Waals surface area (Å²) in [7, 11) is 1.30. The molecule has 0 aliphatic carbocycles. The van der Waals surface area contributed by atoms with Crippen molar-refractivity contribution < 1.29 is 9.53 Å². The van der Waals surface area contributed by atoms with E-state index >= 15 is 0 Å². The van der Waals surface area contributed by atoms with E-state index < -0.39 is 5.97 Å². The van der Waals surface area contributed by atoms with Crippen LogP contribution >= 0.6 is 11.8 Å². The molecule has 0 spiro atoms. The molecule has 2 heterocycles. The first-order chi connectivity index (χ1) is 13.7. The Balaban J connectivity index is 1.62. The Labute approximate surface area is 162 Å². The second kappa shape index (κ2) is 7.61. The van der Waals surface area contributed by atoms with Crippen LogP contribution in [0.15, 0.2) is 58.5 Å². The number of H-pyrrole nitrogens is 1. The molecule has 1 N–H and O–H groups in total. The van der Waals surface area contributed by atoms with Gasteiger partial charge in [0.25, 0.3) is 5.56 Å². The van der Waals surface area contributed by atoms with Crippen molar-refractivity contribution in [3.63, 3.8) is 0 Å². The number of carbonyl (C=O) groups excluding carboxylic acids is 1. The molecule has 0 unspecified atom stereocenters. The summed E-state index contributed by atoms with van der Waals surface area (Å²) in [6, 6.07) is 14.1. The molecule has 0 aliphatic heterocycles. The van der Waals surface area contributed by atoms with Gasteiger partial charge in [-0.1, -0.05) is 30.0 Å². The number of nitrogens with one attached hydrogen (secondary N) is 1. The zero-order chi connectivity index (χ0) is 19.5. The number of fused-ring (bicyclic) bond motifs is 1. The Bertz CT molecular complexity index is 1200. The highest BCUT2D eigenvalue weighted by Gasteiger charge is 2.12. The second-order valence-corrected chi connectivity index (χ2v) is 6.68. The van der Waals surface area contributed by atoms with E-state index in [1.807, 2.05) is 30.3 Å². The van der Waals surface area contributed by atoms with Gasteiger partial charge in [0, 0.05) is 0 Å². The van der Waals surface area contributed by atoms with Crippen molar-refractivity contribution in [2.24, 2.45) is 0 Å². The number of methoxy groups -OCH3 is 1. The number of benzene rings is 2. The van der Waals surface area contributed by atoms with Gasteiger partial charge in [-0.15, -0.1) is 5.10 Å². The maximum atomic E-state index is 12.3. The van der Waals surface area contributed by atoms with Crippen molar-refractivity contribution in [3.8, 4) is 5.69 Å². The molecule has 140 valence electrons. The summed E-state index contributed by atoms with van der Waals surface area (Å²) in [5.74, 6) is 0.315. The van der Waals surface area contributed by atoms with Crippen molar-refractivity contribution in [2.45, 2.75) is 10.9 Å². The third-order valence-electron chi connectivity index (χ3n) is 3.96. The minimum absolute atomic E-state index is 0.278. The number of esters is 1. The fourth-order valence-electron chi connectivity index (χ4n) is 2.63. The van der Waals surface area contributed by atoms with Crippen LogP contribution in [-0.4, -0.2) is 43.3 Å². The van der Waals surface area contributed by atoms with Gasteiger partial charge < -0.3 is 9.72 Å². The molecule has 4 aromatic rings. The smallest absolute Gasteiger partial charge is 0.337 e. The number of nitrogens with zero attached hydrogens (tertiary/aromatic N) is 5. The van der Waals surface area contributed by atoms with Crippen LogP contribution in [0.1, 0.15) is 16.2 Å². The maximum Gasteiger partial charge on any atom is 0.337 e. The highest BCUT2D eigenvalue weighted by molar-refractivity contribution is 7.98. The Morgan fingerprint density at radius 1 is 1.21 bits per heavy atom. The van der Waals surface area contributed by atoms with Crippen molar-refractivity contribution in [1.82, 2.24) is 30.2 Å². The summed E-state index contributed by atoms with van der Waals surface area (Å²) in [5, 5.41) is 12.7. The van der Waals surface area contributed by atoms with Gasteiger partial charge in [0.1, 0.15) is 5.82 Å². The average Bonchev–Trinajstić information content (AvgIpc) is 3.20. The minimum Gasteiger partial charge on any atom is -0.465 e. The first kappa shape index (κ1) is 17.9. The van der Waals surface area contributed by atoms with Crippen LogP contribution in [0, 0.1) is 0 Å². The lowest BCUT2D eigenvalue weighted by Gasteiger charge is -2.05. The quantitative estimate of drug-likeness (QED) is 0.403. The summed E-state index contributed by atoms with van der Waals surface area (Å²) in [6.07, 6.45) is 0. The lowest BCUT2D eigenvalue weighted by molar-refractivity contribution is 0.0601. The predicted octanol–water partition coefficient (Wildman–Crippen LogP) is 1.98. The molecule has 10 heteroatoms. The Kier molecular flexibility index (Phi) is 4.85. The van der Waals surface area contributed by atoms with Crippen LogP contribution in [-0.2, 0) is 10.5 Å².